The molecule has 192 valence electrons. The third kappa shape index (κ3) is 9.08. The average molecular weight is 533 g/mol. The molecule has 0 radical (unpaired) electrons. The van der Waals surface area contributed by atoms with Crippen LogP contribution in [-0.4, -0.2) is 38.8 Å². The Morgan fingerprint density at radius 2 is 1.71 bits per heavy atom. The monoisotopic (exact) mass is 532 g/mol. The fourth-order valence-corrected chi connectivity index (χ4v) is 2.83. The molecule has 0 bridgehead atoms. The third-order valence-electron chi connectivity index (χ3n) is 4.42. The highest BCUT2D eigenvalue weighted by molar-refractivity contribution is 7.59. The maximum atomic E-state index is 12.7. The minimum Gasteiger partial charge on any atom is -0.481 e. The standard InChI is InChI=1S/C21H20ClF3N4O3.C2H6.H2S/c1-13(21(23,24)25)32-17-8-6-16(7-9-17)26-20-27-19(31)18(10-11-30)28-29(20)12-14-2-4-15(22)5-3-14;1-2;/h2-9,13,30H,10-12H2,1H3,(H,26,27,31);1-2H3;1H2. The number of nitrogens with zero attached hydrogens (tertiary/aromatic N) is 3. The van der Waals surface area contributed by atoms with Gasteiger partial charge in [0.15, 0.2) is 6.10 Å². The summed E-state index contributed by atoms with van der Waals surface area (Å²) in [5, 5.41) is 17.0. The molecule has 0 amide bonds. The Morgan fingerprint density at radius 1 is 1.11 bits per heavy atom. The zero-order chi connectivity index (χ0) is 25.3. The number of anilines is 2. The van der Waals surface area contributed by atoms with Crippen molar-refractivity contribution in [2.24, 2.45) is 0 Å². The smallest absolute Gasteiger partial charge is 0.425 e. The van der Waals surface area contributed by atoms with E-state index in [-0.39, 0.29) is 50.5 Å². The number of benzene rings is 2. The summed E-state index contributed by atoms with van der Waals surface area (Å²) < 4.78 is 44.3. The van der Waals surface area contributed by atoms with Gasteiger partial charge in [0.25, 0.3) is 5.56 Å². The SMILES string of the molecule is CC.CC(Oc1ccc(Nc2nc(=O)c(CCO)nn2Cc2ccc(Cl)cc2)cc1)C(F)(F)F.S. The minimum atomic E-state index is -4.47. The summed E-state index contributed by atoms with van der Waals surface area (Å²) in [7, 11) is 0. The molecule has 0 aliphatic rings. The van der Waals surface area contributed by atoms with Crippen molar-refractivity contribution in [3.8, 4) is 5.75 Å². The fourth-order valence-electron chi connectivity index (χ4n) is 2.70. The highest BCUT2D eigenvalue weighted by atomic mass is 35.5. The van der Waals surface area contributed by atoms with Gasteiger partial charge >= 0.3 is 6.18 Å². The van der Waals surface area contributed by atoms with E-state index in [9.17, 15) is 18.0 Å². The third-order valence-corrected chi connectivity index (χ3v) is 4.67. The van der Waals surface area contributed by atoms with Gasteiger partial charge in [0.05, 0.1) is 6.54 Å². The fraction of sp³-hybridized carbons (Fsp3) is 0.348. The van der Waals surface area contributed by atoms with Gasteiger partial charge in [0, 0.05) is 23.7 Å². The molecule has 1 heterocycles. The molecule has 7 nitrogen and oxygen atoms in total. The van der Waals surface area contributed by atoms with Crippen LogP contribution < -0.4 is 15.6 Å². The maximum absolute atomic E-state index is 12.7. The number of aliphatic hydroxyl groups excluding tert-OH is 1. The summed E-state index contributed by atoms with van der Waals surface area (Å²) in [5.74, 6) is 0.173. The molecule has 1 atom stereocenters. The van der Waals surface area contributed by atoms with E-state index in [2.05, 4.69) is 15.4 Å². The normalized spacial score (nSPS) is 11.5. The topological polar surface area (TPSA) is 89.3 Å². The Balaban J connectivity index is 0.00000199. The molecular formula is C23H28ClF3N4O3S. The number of ether oxygens (including phenoxy) is 1. The zero-order valence-corrected chi connectivity index (χ0v) is 21.2. The first-order valence-corrected chi connectivity index (χ1v) is 11.0. The molecule has 0 aliphatic carbocycles. The number of aliphatic hydroxyl groups is 1. The lowest BCUT2D eigenvalue weighted by Crippen LogP contribution is -2.31. The maximum Gasteiger partial charge on any atom is 0.425 e. The number of halogens is 4. The summed E-state index contributed by atoms with van der Waals surface area (Å²) in [6.45, 7) is 4.93. The highest BCUT2D eigenvalue weighted by Gasteiger charge is 2.38. The molecule has 3 rings (SSSR count). The van der Waals surface area contributed by atoms with Crippen LogP contribution >= 0.6 is 25.1 Å². The Kier molecular flexibility index (Phi) is 12.1. The number of aromatic nitrogens is 3. The van der Waals surface area contributed by atoms with E-state index in [1.54, 1.807) is 24.3 Å². The number of hydrogen-bond acceptors (Lipinski definition) is 6. The number of hydrogen-bond donors (Lipinski definition) is 2. The van der Waals surface area contributed by atoms with Crippen LogP contribution in [0.2, 0.25) is 5.02 Å². The van der Waals surface area contributed by atoms with E-state index in [4.69, 9.17) is 21.4 Å². The summed E-state index contributed by atoms with van der Waals surface area (Å²) >= 11 is 5.92. The molecule has 0 fully saturated rings. The van der Waals surface area contributed by atoms with Crippen molar-refractivity contribution in [1.82, 2.24) is 14.8 Å². The molecule has 1 aromatic heterocycles. The zero-order valence-electron chi connectivity index (χ0n) is 19.4. The van der Waals surface area contributed by atoms with Crippen LogP contribution in [0.25, 0.3) is 0 Å². The summed E-state index contributed by atoms with van der Waals surface area (Å²) in [5.41, 5.74) is 0.825. The van der Waals surface area contributed by atoms with Gasteiger partial charge in [-0.1, -0.05) is 37.6 Å². The van der Waals surface area contributed by atoms with Gasteiger partial charge in [-0.2, -0.15) is 36.7 Å². The summed E-state index contributed by atoms with van der Waals surface area (Å²) in [4.78, 5) is 16.3. The van der Waals surface area contributed by atoms with Crippen molar-refractivity contribution in [3.63, 3.8) is 0 Å². The minimum absolute atomic E-state index is 0. The van der Waals surface area contributed by atoms with Gasteiger partial charge in [-0.15, -0.1) is 0 Å². The van der Waals surface area contributed by atoms with Crippen LogP contribution in [0.5, 0.6) is 5.75 Å². The van der Waals surface area contributed by atoms with Crippen molar-refractivity contribution in [2.45, 2.75) is 46.0 Å². The van der Waals surface area contributed by atoms with Crippen molar-refractivity contribution < 1.29 is 23.0 Å². The molecular weight excluding hydrogens is 505 g/mol. The summed E-state index contributed by atoms with van der Waals surface area (Å²) in [6, 6.07) is 12.8. The first-order valence-electron chi connectivity index (χ1n) is 10.6. The van der Waals surface area contributed by atoms with Gasteiger partial charge < -0.3 is 15.2 Å². The van der Waals surface area contributed by atoms with Crippen LogP contribution in [-0.2, 0) is 13.0 Å². The first-order chi connectivity index (χ1) is 16.2. The average Bonchev–Trinajstić information content (AvgIpc) is 2.80. The molecule has 0 saturated heterocycles. The lowest BCUT2D eigenvalue weighted by molar-refractivity contribution is -0.189. The molecule has 35 heavy (non-hydrogen) atoms. The predicted octanol–water partition coefficient (Wildman–Crippen LogP) is 5.09. The van der Waals surface area contributed by atoms with Crippen molar-refractivity contribution in [2.75, 3.05) is 11.9 Å². The van der Waals surface area contributed by atoms with E-state index in [0.29, 0.717) is 10.7 Å². The van der Waals surface area contributed by atoms with Gasteiger partial charge in [-0.25, -0.2) is 4.68 Å². The lowest BCUT2D eigenvalue weighted by atomic mass is 10.2. The summed E-state index contributed by atoms with van der Waals surface area (Å²) in [6.07, 6.45) is -6.37. The molecule has 3 aromatic rings. The predicted molar refractivity (Wildman–Crippen MR) is 135 cm³/mol. The number of rotatable bonds is 8. The molecule has 0 saturated carbocycles. The van der Waals surface area contributed by atoms with Crippen LogP contribution in [0, 0.1) is 0 Å². The second-order valence-electron chi connectivity index (χ2n) is 6.90. The Labute approximate surface area is 213 Å². The Hall–Kier alpha value is -2.76. The second-order valence-corrected chi connectivity index (χ2v) is 7.33. The molecule has 2 aromatic carbocycles. The molecule has 0 spiro atoms. The van der Waals surface area contributed by atoms with Crippen molar-refractivity contribution >= 4 is 36.7 Å². The Bertz CT molecular complexity index is 1110. The van der Waals surface area contributed by atoms with Crippen LogP contribution in [0.4, 0.5) is 24.8 Å². The second kappa shape index (κ2) is 14.0. The van der Waals surface area contributed by atoms with E-state index in [1.807, 2.05) is 13.8 Å². The van der Waals surface area contributed by atoms with Crippen LogP contribution in [0.15, 0.2) is 53.3 Å². The molecule has 1 unspecified atom stereocenters. The largest absolute Gasteiger partial charge is 0.481 e. The van der Waals surface area contributed by atoms with Gasteiger partial charge in [0.2, 0.25) is 5.95 Å². The highest BCUT2D eigenvalue weighted by Crippen LogP contribution is 2.26. The Morgan fingerprint density at radius 3 is 2.26 bits per heavy atom. The van der Waals surface area contributed by atoms with Crippen LogP contribution in [0.3, 0.4) is 0 Å². The first kappa shape index (κ1) is 30.3. The molecule has 12 heteroatoms. The number of alkyl halides is 3. The van der Waals surface area contributed by atoms with Gasteiger partial charge in [0.1, 0.15) is 11.4 Å². The van der Waals surface area contributed by atoms with Crippen molar-refractivity contribution in [1.29, 1.82) is 0 Å². The number of nitrogens with one attached hydrogen (secondary N) is 1. The quantitative estimate of drug-likeness (QED) is 0.420. The van der Waals surface area contributed by atoms with Gasteiger partial charge in [-0.05, 0) is 48.9 Å². The van der Waals surface area contributed by atoms with Crippen LogP contribution in [0.1, 0.15) is 32.0 Å². The lowest BCUT2D eigenvalue weighted by Gasteiger charge is -2.18. The van der Waals surface area contributed by atoms with E-state index in [0.717, 1.165) is 12.5 Å². The van der Waals surface area contributed by atoms with Gasteiger partial charge in [-0.3, -0.25) is 4.79 Å². The van der Waals surface area contributed by atoms with E-state index < -0.39 is 17.8 Å². The van der Waals surface area contributed by atoms with E-state index >= 15 is 0 Å². The molecule has 0 aliphatic heterocycles. The molecule has 2 N–H and O–H groups in total. The van der Waals surface area contributed by atoms with Crippen molar-refractivity contribution in [3.05, 3.63) is 75.2 Å². The van der Waals surface area contributed by atoms with E-state index in [1.165, 1.54) is 28.9 Å².